The number of aromatic nitrogens is 1. The van der Waals surface area contributed by atoms with Gasteiger partial charge in [0.05, 0.1) is 11.9 Å². The maximum Gasteiger partial charge on any atom is 0.128 e. The summed E-state index contributed by atoms with van der Waals surface area (Å²) in [4.78, 5) is 8.69. The summed E-state index contributed by atoms with van der Waals surface area (Å²) in [6, 6.07) is 4.07. The number of rotatable bonds is 5. The predicted octanol–water partition coefficient (Wildman–Crippen LogP) is 1.12. The average Bonchev–Trinajstić information content (AvgIpc) is 2.26. The Balaban J connectivity index is 2.54. The number of anilines is 2. The summed E-state index contributed by atoms with van der Waals surface area (Å²) < 4.78 is 0. The standard InChI is InChI=1S/C11H20N4/c1-12-10-5-6-11(13-9-10)15(4)8-7-14(2)3/h5-6,9,12H,7-8H2,1-4H3. The van der Waals surface area contributed by atoms with Crippen LogP contribution in [0.5, 0.6) is 0 Å². The second kappa shape index (κ2) is 5.56. The Hall–Kier alpha value is -1.29. The zero-order valence-electron chi connectivity index (χ0n) is 9.99. The van der Waals surface area contributed by atoms with E-state index in [-0.39, 0.29) is 0 Å². The lowest BCUT2D eigenvalue weighted by Crippen LogP contribution is -2.28. The molecule has 0 unspecified atom stereocenters. The monoisotopic (exact) mass is 208 g/mol. The fourth-order valence-electron chi connectivity index (χ4n) is 1.22. The van der Waals surface area contributed by atoms with E-state index in [4.69, 9.17) is 0 Å². The molecule has 0 aliphatic heterocycles. The number of nitrogens with zero attached hydrogens (tertiary/aromatic N) is 3. The van der Waals surface area contributed by atoms with Gasteiger partial charge in [-0.1, -0.05) is 0 Å². The first kappa shape index (κ1) is 11.8. The zero-order chi connectivity index (χ0) is 11.3. The first-order valence-electron chi connectivity index (χ1n) is 5.13. The second-order valence-corrected chi connectivity index (χ2v) is 3.88. The summed E-state index contributed by atoms with van der Waals surface area (Å²) in [5.74, 6) is 1.01. The molecule has 0 aliphatic rings. The Morgan fingerprint density at radius 3 is 2.40 bits per heavy atom. The van der Waals surface area contributed by atoms with Gasteiger partial charge in [-0.15, -0.1) is 0 Å². The van der Waals surface area contributed by atoms with Crippen LogP contribution in [0, 0.1) is 0 Å². The van der Waals surface area contributed by atoms with Crippen LogP contribution in [0.25, 0.3) is 0 Å². The van der Waals surface area contributed by atoms with Crippen molar-refractivity contribution in [3.8, 4) is 0 Å². The van der Waals surface area contributed by atoms with Crippen molar-refractivity contribution in [2.24, 2.45) is 0 Å². The third-order valence-corrected chi connectivity index (χ3v) is 2.31. The predicted molar refractivity (Wildman–Crippen MR) is 65.6 cm³/mol. The molecule has 1 N–H and O–H groups in total. The molecule has 0 saturated carbocycles. The quantitative estimate of drug-likeness (QED) is 0.786. The summed E-state index contributed by atoms with van der Waals surface area (Å²) in [7, 11) is 8.11. The molecular formula is C11H20N4. The van der Waals surface area contributed by atoms with Crippen LogP contribution in [0.1, 0.15) is 0 Å². The number of pyridine rings is 1. The van der Waals surface area contributed by atoms with Gasteiger partial charge in [0.1, 0.15) is 5.82 Å². The molecule has 1 rings (SSSR count). The third kappa shape index (κ3) is 3.75. The van der Waals surface area contributed by atoms with Gasteiger partial charge in [-0.3, -0.25) is 0 Å². The van der Waals surface area contributed by atoms with Crippen LogP contribution in [-0.2, 0) is 0 Å². The van der Waals surface area contributed by atoms with Crippen molar-refractivity contribution < 1.29 is 0 Å². The molecular weight excluding hydrogens is 188 g/mol. The van der Waals surface area contributed by atoms with Crippen LogP contribution in [0.3, 0.4) is 0 Å². The van der Waals surface area contributed by atoms with Gasteiger partial charge >= 0.3 is 0 Å². The summed E-state index contributed by atoms with van der Waals surface area (Å²) in [5.41, 5.74) is 1.04. The molecule has 0 radical (unpaired) electrons. The first-order chi connectivity index (χ1) is 7.13. The highest BCUT2D eigenvalue weighted by molar-refractivity contribution is 5.47. The molecule has 0 aromatic carbocycles. The largest absolute Gasteiger partial charge is 0.387 e. The molecule has 4 nitrogen and oxygen atoms in total. The van der Waals surface area contributed by atoms with E-state index in [1.165, 1.54) is 0 Å². The van der Waals surface area contributed by atoms with Crippen molar-refractivity contribution in [3.63, 3.8) is 0 Å². The van der Waals surface area contributed by atoms with E-state index in [0.29, 0.717) is 0 Å². The Morgan fingerprint density at radius 2 is 1.93 bits per heavy atom. The van der Waals surface area contributed by atoms with E-state index >= 15 is 0 Å². The molecule has 4 heteroatoms. The first-order valence-corrected chi connectivity index (χ1v) is 5.13. The number of hydrogen-bond acceptors (Lipinski definition) is 4. The number of hydrogen-bond donors (Lipinski definition) is 1. The maximum absolute atomic E-state index is 4.37. The topological polar surface area (TPSA) is 31.4 Å². The molecule has 84 valence electrons. The van der Waals surface area contributed by atoms with E-state index in [1.807, 2.05) is 25.4 Å². The normalized spacial score (nSPS) is 10.5. The Kier molecular flexibility index (Phi) is 4.37. The maximum atomic E-state index is 4.37. The fraction of sp³-hybridized carbons (Fsp3) is 0.545. The fourth-order valence-corrected chi connectivity index (χ4v) is 1.22. The number of nitrogens with one attached hydrogen (secondary N) is 1. The Bertz CT molecular complexity index is 281. The number of likely N-dealkylation sites (N-methyl/N-ethyl adjacent to an activating group) is 2. The van der Waals surface area contributed by atoms with Crippen molar-refractivity contribution in [1.82, 2.24) is 9.88 Å². The molecule has 0 bridgehead atoms. The van der Waals surface area contributed by atoms with E-state index < -0.39 is 0 Å². The van der Waals surface area contributed by atoms with Gasteiger partial charge < -0.3 is 15.1 Å². The van der Waals surface area contributed by atoms with Crippen LogP contribution in [0.4, 0.5) is 11.5 Å². The lowest BCUT2D eigenvalue weighted by atomic mass is 10.4. The Labute approximate surface area is 91.9 Å². The van der Waals surface area contributed by atoms with Crippen LogP contribution >= 0.6 is 0 Å². The highest BCUT2D eigenvalue weighted by atomic mass is 15.2. The van der Waals surface area contributed by atoms with Crippen molar-refractivity contribution in [3.05, 3.63) is 18.3 Å². The van der Waals surface area contributed by atoms with Gasteiger partial charge in [-0.2, -0.15) is 0 Å². The van der Waals surface area contributed by atoms with E-state index in [1.54, 1.807) is 0 Å². The van der Waals surface area contributed by atoms with Crippen LogP contribution in [0.2, 0.25) is 0 Å². The summed E-state index contributed by atoms with van der Waals surface area (Å²) >= 11 is 0. The minimum absolute atomic E-state index is 0.985. The zero-order valence-corrected chi connectivity index (χ0v) is 9.99. The molecule has 0 aliphatic carbocycles. The van der Waals surface area contributed by atoms with Crippen molar-refractivity contribution in [2.75, 3.05) is 51.5 Å². The van der Waals surface area contributed by atoms with Crippen molar-refractivity contribution >= 4 is 11.5 Å². The Morgan fingerprint density at radius 1 is 1.20 bits per heavy atom. The van der Waals surface area contributed by atoms with Gasteiger partial charge in [0.15, 0.2) is 0 Å². The summed E-state index contributed by atoms with van der Waals surface area (Å²) in [5, 5.41) is 3.05. The van der Waals surface area contributed by atoms with Crippen LogP contribution < -0.4 is 10.2 Å². The lowest BCUT2D eigenvalue weighted by molar-refractivity contribution is 0.416. The van der Waals surface area contributed by atoms with Crippen molar-refractivity contribution in [2.45, 2.75) is 0 Å². The van der Waals surface area contributed by atoms with Gasteiger partial charge in [0.2, 0.25) is 0 Å². The SMILES string of the molecule is CNc1ccc(N(C)CCN(C)C)nc1. The molecule has 15 heavy (non-hydrogen) atoms. The highest BCUT2D eigenvalue weighted by Gasteiger charge is 2.02. The molecule has 0 spiro atoms. The molecule has 0 amide bonds. The molecule has 1 aromatic rings. The molecule has 0 saturated heterocycles. The van der Waals surface area contributed by atoms with Gasteiger partial charge in [-0.25, -0.2) is 4.98 Å². The molecule has 0 fully saturated rings. The highest BCUT2D eigenvalue weighted by Crippen LogP contribution is 2.11. The van der Waals surface area contributed by atoms with E-state index in [0.717, 1.165) is 24.6 Å². The van der Waals surface area contributed by atoms with Crippen molar-refractivity contribution in [1.29, 1.82) is 0 Å². The average molecular weight is 208 g/mol. The van der Waals surface area contributed by atoms with Gasteiger partial charge in [0.25, 0.3) is 0 Å². The van der Waals surface area contributed by atoms with E-state index in [9.17, 15) is 0 Å². The minimum atomic E-state index is 0.985. The smallest absolute Gasteiger partial charge is 0.128 e. The van der Waals surface area contributed by atoms with Crippen LogP contribution in [0.15, 0.2) is 18.3 Å². The minimum Gasteiger partial charge on any atom is -0.387 e. The third-order valence-electron chi connectivity index (χ3n) is 2.31. The molecule has 1 heterocycles. The molecule has 0 atom stereocenters. The summed E-state index contributed by atoms with van der Waals surface area (Å²) in [6.45, 7) is 2.02. The molecule has 1 aromatic heterocycles. The summed E-state index contributed by atoms with van der Waals surface area (Å²) in [6.07, 6.45) is 1.85. The van der Waals surface area contributed by atoms with E-state index in [2.05, 4.69) is 41.2 Å². The van der Waals surface area contributed by atoms with Crippen LogP contribution in [-0.4, -0.2) is 51.2 Å². The second-order valence-electron chi connectivity index (χ2n) is 3.88. The van der Waals surface area contributed by atoms with Gasteiger partial charge in [0, 0.05) is 27.2 Å². The lowest BCUT2D eigenvalue weighted by Gasteiger charge is -2.20. The van der Waals surface area contributed by atoms with Gasteiger partial charge in [-0.05, 0) is 26.2 Å².